The topological polar surface area (TPSA) is 43.9 Å². The van der Waals surface area contributed by atoms with Crippen LogP contribution in [0.5, 0.6) is 0 Å². The average molecular weight is 369 g/mol. The summed E-state index contributed by atoms with van der Waals surface area (Å²) in [5.41, 5.74) is 2.94. The number of nitrogens with zero attached hydrogens (tertiary/aromatic N) is 3. The Balaban J connectivity index is 2.09. The molecule has 0 aliphatic heterocycles. The second kappa shape index (κ2) is 5.81. The number of fused-ring (bicyclic) bond motifs is 1. The lowest BCUT2D eigenvalue weighted by molar-refractivity contribution is 0.456. The molecule has 0 aliphatic carbocycles. The lowest BCUT2D eigenvalue weighted by Gasteiger charge is -2.06. The van der Waals surface area contributed by atoms with Gasteiger partial charge < -0.3 is 8.98 Å². The predicted molar refractivity (Wildman–Crippen MR) is 86.9 cm³/mol. The van der Waals surface area contributed by atoms with Crippen LogP contribution >= 0.6 is 27.5 Å². The van der Waals surface area contributed by atoms with Gasteiger partial charge in [0.05, 0.1) is 16.7 Å². The summed E-state index contributed by atoms with van der Waals surface area (Å²) < 4.78 is 8.84. The van der Waals surface area contributed by atoms with Crippen LogP contribution in [-0.2, 0) is 13.0 Å². The number of imidazole rings is 1. The van der Waals surface area contributed by atoms with Crippen LogP contribution in [0, 0.1) is 13.8 Å². The molecule has 0 atom stereocenters. The van der Waals surface area contributed by atoms with E-state index in [1.807, 2.05) is 26.0 Å². The fourth-order valence-electron chi connectivity index (χ4n) is 2.34. The van der Waals surface area contributed by atoms with Crippen molar-refractivity contribution in [1.29, 1.82) is 0 Å². The van der Waals surface area contributed by atoms with E-state index in [4.69, 9.17) is 16.0 Å². The number of benzene rings is 1. The summed E-state index contributed by atoms with van der Waals surface area (Å²) in [6, 6.07) is 6.05. The van der Waals surface area contributed by atoms with Crippen LogP contribution in [0.2, 0.25) is 0 Å². The van der Waals surface area contributed by atoms with Gasteiger partial charge in [-0.05, 0) is 32.0 Å². The molecule has 0 aliphatic rings. The standard InChI is InChI=1S/C15H15BrClN3O/c1-9-10(2)21-15(18-9)8-20-13-7-11(16)3-4-12(13)19-14(20)5-6-17/h3-4,7H,5-6,8H2,1-2H3. The first-order valence-corrected chi connectivity index (χ1v) is 8.05. The van der Waals surface area contributed by atoms with Crippen molar-refractivity contribution in [2.24, 2.45) is 0 Å². The van der Waals surface area contributed by atoms with Gasteiger partial charge in [-0.2, -0.15) is 0 Å². The highest BCUT2D eigenvalue weighted by molar-refractivity contribution is 9.10. The molecule has 0 radical (unpaired) electrons. The van der Waals surface area contributed by atoms with E-state index in [0.717, 1.165) is 32.8 Å². The van der Waals surface area contributed by atoms with Crippen molar-refractivity contribution in [1.82, 2.24) is 14.5 Å². The number of aromatic nitrogens is 3. The molecule has 2 aromatic heterocycles. The third kappa shape index (κ3) is 2.85. The van der Waals surface area contributed by atoms with Crippen molar-refractivity contribution in [2.75, 3.05) is 5.88 Å². The first-order valence-electron chi connectivity index (χ1n) is 6.72. The number of hydrogen-bond acceptors (Lipinski definition) is 3. The summed E-state index contributed by atoms with van der Waals surface area (Å²) in [6.45, 7) is 4.44. The third-order valence-corrected chi connectivity index (χ3v) is 4.16. The molecule has 21 heavy (non-hydrogen) atoms. The Morgan fingerprint density at radius 1 is 1.29 bits per heavy atom. The molecule has 1 aromatic carbocycles. The molecular weight excluding hydrogens is 354 g/mol. The smallest absolute Gasteiger partial charge is 0.214 e. The number of halogens is 2. The van der Waals surface area contributed by atoms with Crippen LogP contribution < -0.4 is 0 Å². The average Bonchev–Trinajstić information content (AvgIpc) is 2.93. The molecular formula is C15H15BrClN3O. The second-order valence-corrected chi connectivity index (χ2v) is 6.23. The summed E-state index contributed by atoms with van der Waals surface area (Å²) in [5.74, 6) is 3.04. The maximum atomic E-state index is 5.90. The van der Waals surface area contributed by atoms with Gasteiger partial charge in [0.1, 0.15) is 18.1 Å². The molecule has 4 nitrogen and oxygen atoms in total. The first-order chi connectivity index (χ1) is 10.1. The lowest BCUT2D eigenvalue weighted by atomic mass is 10.3. The Morgan fingerprint density at radius 2 is 2.10 bits per heavy atom. The van der Waals surface area contributed by atoms with E-state index in [2.05, 4.69) is 36.5 Å². The van der Waals surface area contributed by atoms with Gasteiger partial charge in [-0.15, -0.1) is 11.6 Å². The normalized spacial score (nSPS) is 11.4. The van der Waals surface area contributed by atoms with Crippen molar-refractivity contribution in [3.05, 3.63) is 45.8 Å². The highest BCUT2D eigenvalue weighted by atomic mass is 79.9. The number of alkyl halides is 1. The zero-order valence-electron chi connectivity index (χ0n) is 11.9. The molecule has 0 amide bonds. The summed E-state index contributed by atoms with van der Waals surface area (Å²) in [6.07, 6.45) is 0.715. The lowest BCUT2D eigenvalue weighted by Crippen LogP contribution is -2.06. The van der Waals surface area contributed by atoms with Crippen LogP contribution in [0.4, 0.5) is 0 Å². The van der Waals surface area contributed by atoms with Crippen LogP contribution in [0.25, 0.3) is 11.0 Å². The van der Waals surface area contributed by atoms with Gasteiger partial charge in [-0.25, -0.2) is 9.97 Å². The van der Waals surface area contributed by atoms with Gasteiger partial charge in [0.25, 0.3) is 0 Å². The van der Waals surface area contributed by atoms with Gasteiger partial charge >= 0.3 is 0 Å². The maximum absolute atomic E-state index is 5.90. The molecule has 110 valence electrons. The number of hydrogen-bond donors (Lipinski definition) is 0. The summed E-state index contributed by atoms with van der Waals surface area (Å²) >= 11 is 9.41. The van der Waals surface area contributed by atoms with Crippen molar-refractivity contribution in [3.63, 3.8) is 0 Å². The SMILES string of the molecule is Cc1nc(Cn2c(CCCl)nc3ccc(Br)cc32)oc1C. The van der Waals surface area contributed by atoms with E-state index in [1.54, 1.807) is 0 Å². The number of rotatable bonds is 4. The van der Waals surface area contributed by atoms with E-state index < -0.39 is 0 Å². The van der Waals surface area contributed by atoms with Crippen molar-refractivity contribution in [2.45, 2.75) is 26.8 Å². The molecule has 6 heteroatoms. The zero-order valence-corrected chi connectivity index (χ0v) is 14.2. The van der Waals surface area contributed by atoms with E-state index in [-0.39, 0.29) is 0 Å². The van der Waals surface area contributed by atoms with Crippen LogP contribution in [0.3, 0.4) is 0 Å². The van der Waals surface area contributed by atoms with Gasteiger partial charge in [-0.1, -0.05) is 15.9 Å². The minimum absolute atomic E-state index is 0.536. The summed E-state index contributed by atoms with van der Waals surface area (Å²) in [5, 5.41) is 0. The summed E-state index contributed by atoms with van der Waals surface area (Å²) in [4.78, 5) is 9.11. The largest absolute Gasteiger partial charge is 0.444 e. The highest BCUT2D eigenvalue weighted by Gasteiger charge is 2.14. The summed E-state index contributed by atoms with van der Waals surface area (Å²) in [7, 11) is 0. The monoisotopic (exact) mass is 367 g/mol. The third-order valence-electron chi connectivity index (χ3n) is 3.47. The van der Waals surface area contributed by atoms with Crippen LogP contribution in [0.15, 0.2) is 27.1 Å². The molecule has 2 heterocycles. The molecule has 3 aromatic rings. The predicted octanol–water partition coefficient (Wildman–Crippen LogP) is 4.23. The van der Waals surface area contributed by atoms with Crippen LogP contribution in [-0.4, -0.2) is 20.4 Å². The van der Waals surface area contributed by atoms with Gasteiger partial charge in [-0.3, -0.25) is 0 Å². The fourth-order valence-corrected chi connectivity index (χ4v) is 2.86. The first kappa shape index (κ1) is 14.6. The van der Waals surface area contributed by atoms with Crippen molar-refractivity contribution < 1.29 is 4.42 Å². The van der Waals surface area contributed by atoms with E-state index >= 15 is 0 Å². The minimum Gasteiger partial charge on any atom is -0.444 e. The maximum Gasteiger partial charge on any atom is 0.214 e. The molecule has 0 spiro atoms. The molecule has 0 saturated heterocycles. The Kier molecular flexibility index (Phi) is 4.04. The molecule has 0 unspecified atom stereocenters. The van der Waals surface area contributed by atoms with E-state index in [9.17, 15) is 0 Å². The quantitative estimate of drug-likeness (QED) is 0.647. The zero-order chi connectivity index (χ0) is 15.0. The Labute approximate surface area is 136 Å². The number of oxazole rings is 1. The van der Waals surface area contributed by atoms with Crippen molar-refractivity contribution in [3.8, 4) is 0 Å². The minimum atomic E-state index is 0.536. The van der Waals surface area contributed by atoms with Crippen LogP contribution in [0.1, 0.15) is 23.2 Å². The molecule has 3 rings (SSSR count). The van der Waals surface area contributed by atoms with E-state index in [0.29, 0.717) is 24.7 Å². The Hall–Kier alpha value is -1.33. The molecule has 0 saturated carbocycles. The van der Waals surface area contributed by atoms with E-state index in [1.165, 1.54) is 0 Å². The van der Waals surface area contributed by atoms with Crippen molar-refractivity contribution >= 4 is 38.6 Å². The second-order valence-electron chi connectivity index (χ2n) is 4.94. The van der Waals surface area contributed by atoms with Gasteiger partial charge in [0, 0.05) is 16.8 Å². The fraction of sp³-hybridized carbons (Fsp3) is 0.333. The Bertz CT molecular complexity index is 774. The Morgan fingerprint density at radius 3 is 2.76 bits per heavy atom. The van der Waals surface area contributed by atoms with Gasteiger partial charge in [0.2, 0.25) is 5.89 Å². The molecule has 0 fully saturated rings. The molecule has 0 N–H and O–H groups in total. The van der Waals surface area contributed by atoms with Gasteiger partial charge in [0.15, 0.2) is 0 Å². The highest BCUT2D eigenvalue weighted by Crippen LogP contribution is 2.23. The molecule has 0 bridgehead atoms. The number of aryl methyl sites for hydroxylation is 3.